The molecular weight excluding hydrogens is 232 g/mol. The van der Waals surface area contributed by atoms with Crippen LogP contribution in [0.25, 0.3) is 0 Å². The van der Waals surface area contributed by atoms with E-state index >= 15 is 0 Å². The molecule has 2 saturated heterocycles. The average Bonchev–Trinajstić information content (AvgIpc) is 2.38. The van der Waals surface area contributed by atoms with Gasteiger partial charge in [0.2, 0.25) is 5.91 Å². The molecule has 2 rings (SSSR count). The van der Waals surface area contributed by atoms with Crippen LogP contribution in [-0.2, 0) is 4.79 Å². The topological polar surface area (TPSA) is 46.3 Å². The lowest BCUT2D eigenvalue weighted by molar-refractivity contribution is -0.140. The van der Waals surface area contributed by atoms with Crippen molar-refractivity contribution in [1.29, 1.82) is 0 Å². The molecule has 0 aromatic rings. The quantitative estimate of drug-likeness (QED) is 0.818. The second kappa shape index (κ2) is 6.10. The molecule has 98 valence electrons. The van der Waals surface area contributed by atoms with Crippen LogP contribution >= 0.6 is 11.8 Å². The van der Waals surface area contributed by atoms with E-state index < -0.39 is 0 Å². The van der Waals surface area contributed by atoms with Crippen LogP contribution < -0.4 is 5.73 Å². The van der Waals surface area contributed by atoms with E-state index in [1.54, 1.807) is 0 Å². The van der Waals surface area contributed by atoms with Gasteiger partial charge in [-0.05, 0) is 43.1 Å². The van der Waals surface area contributed by atoms with Gasteiger partial charge in [0.25, 0.3) is 0 Å². The number of nitrogens with two attached hydrogens (primary N) is 1. The van der Waals surface area contributed by atoms with Gasteiger partial charge in [-0.3, -0.25) is 4.79 Å². The highest BCUT2D eigenvalue weighted by Crippen LogP contribution is 2.29. The zero-order valence-corrected chi connectivity index (χ0v) is 11.5. The Labute approximate surface area is 108 Å². The first-order chi connectivity index (χ1) is 8.24. The fourth-order valence-corrected chi connectivity index (χ4v) is 4.17. The molecule has 0 aromatic carbocycles. The van der Waals surface area contributed by atoms with Gasteiger partial charge in [-0.25, -0.2) is 0 Å². The molecule has 0 aliphatic carbocycles. The molecule has 0 saturated carbocycles. The number of hydrogen-bond acceptors (Lipinski definition) is 3. The molecule has 0 aromatic heterocycles. The number of carbonyl (C=O) groups is 1. The number of rotatable bonds is 2. The molecule has 4 heteroatoms. The number of carbonyl (C=O) groups excluding carboxylic acids is 1. The highest BCUT2D eigenvalue weighted by molar-refractivity contribution is 7.99. The van der Waals surface area contributed by atoms with Crippen molar-refractivity contribution < 1.29 is 4.79 Å². The van der Waals surface area contributed by atoms with Crippen LogP contribution in [0.1, 0.15) is 32.6 Å². The van der Waals surface area contributed by atoms with Crippen LogP contribution in [0.15, 0.2) is 0 Å². The van der Waals surface area contributed by atoms with Crippen molar-refractivity contribution in [3.05, 3.63) is 0 Å². The number of nitrogens with zero attached hydrogens (tertiary/aromatic N) is 1. The molecular formula is C13H24N2OS. The number of likely N-dealkylation sites (tertiary alicyclic amines) is 1. The first kappa shape index (κ1) is 13.2. The first-order valence-corrected chi connectivity index (χ1v) is 7.97. The van der Waals surface area contributed by atoms with E-state index in [1.165, 1.54) is 6.42 Å². The molecule has 1 amide bonds. The SMILES string of the molecule is CC1CCCN(C(=O)C2CCSCC2)C1CN. The fraction of sp³-hybridized carbons (Fsp3) is 0.923. The summed E-state index contributed by atoms with van der Waals surface area (Å²) in [4.78, 5) is 14.6. The van der Waals surface area contributed by atoms with Gasteiger partial charge >= 0.3 is 0 Å². The van der Waals surface area contributed by atoms with Gasteiger partial charge in [0.1, 0.15) is 0 Å². The molecule has 0 radical (unpaired) electrons. The Kier molecular flexibility index (Phi) is 4.74. The highest BCUT2D eigenvalue weighted by Gasteiger charge is 2.34. The molecule has 2 aliphatic heterocycles. The second-order valence-electron chi connectivity index (χ2n) is 5.34. The van der Waals surface area contributed by atoms with Crippen molar-refractivity contribution in [2.75, 3.05) is 24.6 Å². The molecule has 0 spiro atoms. The first-order valence-electron chi connectivity index (χ1n) is 6.82. The minimum absolute atomic E-state index is 0.274. The maximum atomic E-state index is 12.5. The zero-order chi connectivity index (χ0) is 12.3. The number of thioether (sulfide) groups is 1. The largest absolute Gasteiger partial charge is 0.338 e. The van der Waals surface area contributed by atoms with Crippen LogP contribution in [-0.4, -0.2) is 41.4 Å². The predicted octanol–water partition coefficient (Wildman–Crippen LogP) is 1.72. The minimum Gasteiger partial charge on any atom is -0.338 e. The van der Waals surface area contributed by atoms with E-state index in [4.69, 9.17) is 5.73 Å². The van der Waals surface area contributed by atoms with E-state index in [2.05, 4.69) is 11.8 Å². The lowest BCUT2D eigenvalue weighted by Gasteiger charge is -2.41. The van der Waals surface area contributed by atoms with Crippen LogP contribution in [0, 0.1) is 11.8 Å². The fourth-order valence-electron chi connectivity index (χ4n) is 3.06. The van der Waals surface area contributed by atoms with Gasteiger partial charge < -0.3 is 10.6 Å². The maximum absolute atomic E-state index is 12.5. The summed E-state index contributed by atoms with van der Waals surface area (Å²) in [6.07, 6.45) is 4.48. The standard InChI is InChI=1S/C13H24N2OS/c1-10-3-2-6-15(12(10)9-14)13(16)11-4-7-17-8-5-11/h10-12H,2-9,14H2,1H3. The molecule has 2 aliphatic rings. The predicted molar refractivity (Wildman–Crippen MR) is 73.0 cm³/mol. The van der Waals surface area contributed by atoms with Gasteiger partial charge in [0.05, 0.1) is 0 Å². The summed E-state index contributed by atoms with van der Waals surface area (Å²) >= 11 is 1.97. The van der Waals surface area contributed by atoms with Gasteiger partial charge in [0, 0.05) is 25.0 Å². The van der Waals surface area contributed by atoms with E-state index in [0.717, 1.165) is 37.3 Å². The van der Waals surface area contributed by atoms with E-state index in [9.17, 15) is 4.79 Å². The van der Waals surface area contributed by atoms with Crippen molar-refractivity contribution in [2.24, 2.45) is 17.6 Å². The van der Waals surface area contributed by atoms with Gasteiger partial charge in [0.15, 0.2) is 0 Å². The Bertz CT molecular complexity index is 266. The van der Waals surface area contributed by atoms with Gasteiger partial charge in [-0.2, -0.15) is 11.8 Å². The third kappa shape index (κ3) is 2.97. The molecule has 2 fully saturated rings. The Morgan fingerprint density at radius 1 is 1.35 bits per heavy atom. The third-order valence-electron chi connectivity index (χ3n) is 4.21. The molecule has 2 N–H and O–H groups in total. The van der Waals surface area contributed by atoms with Crippen molar-refractivity contribution in [3.63, 3.8) is 0 Å². The Hall–Kier alpha value is -0.220. The molecule has 17 heavy (non-hydrogen) atoms. The van der Waals surface area contributed by atoms with Crippen molar-refractivity contribution in [1.82, 2.24) is 4.90 Å². The number of amides is 1. The maximum Gasteiger partial charge on any atom is 0.226 e. The summed E-state index contributed by atoms with van der Waals surface area (Å²) in [6.45, 7) is 3.77. The lowest BCUT2D eigenvalue weighted by atomic mass is 9.89. The second-order valence-corrected chi connectivity index (χ2v) is 6.57. The van der Waals surface area contributed by atoms with Crippen molar-refractivity contribution in [2.45, 2.75) is 38.6 Å². The minimum atomic E-state index is 0.274. The van der Waals surface area contributed by atoms with Crippen molar-refractivity contribution in [3.8, 4) is 0 Å². The Balaban J connectivity index is 2.00. The monoisotopic (exact) mass is 256 g/mol. The Morgan fingerprint density at radius 2 is 2.06 bits per heavy atom. The normalized spacial score (nSPS) is 31.5. The lowest BCUT2D eigenvalue weighted by Crippen LogP contribution is -2.53. The summed E-state index contributed by atoms with van der Waals surface area (Å²) in [5.41, 5.74) is 5.85. The summed E-state index contributed by atoms with van der Waals surface area (Å²) in [5.74, 6) is 3.51. The molecule has 2 heterocycles. The van der Waals surface area contributed by atoms with E-state index in [0.29, 0.717) is 18.4 Å². The van der Waals surface area contributed by atoms with Crippen LogP contribution in [0.5, 0.6) is 0 Å². The van der Waals surface area contributed by atoms with Crippen LogP contribution in [0.3, 0.4) is 0 Å². The van der Waals surface area contributed by atoms with Crippen molar-refractivity contribution >= 4 is 17.7 Å². The highest BCUT2D eigenvalue weighted by atomic mass is 32.2. The molecule has 0 bridgehead atoms. The van der Waals surface area contributed by atoms with E-state index in [-0.39, 0.29) is 12.0 Å². The van der Waals surface area contributed by atoms with Crippen LogP contribution in [0.4, 0.5) is 0 Å². The smallest absolute Gasteiger partial charge is 0.226 e. The van der Waals surface area contributed by atoms with E-state index in [1.807, 2.05) is 11.8 Å². The van der Waals surface area contributed by atoms with Gasteiger partial charge in [-0.1, -0.05) is 6.92 Å². The number of hydrogen-bond donors (Lipinski definition) is 1. The number of piperidine rings is 1. The summed E-state index contributed by atoms with van der Waals surface area (Å²) < 4.78 is 0. The summed E-state index contributed by atoms with van der Waals surface area (Å²) in [5, 5.41) is 0. The molecule has 3 nitrogen and oxygen atoms in total. The van der Waals surface area contributed by atoms with Gasteiger partial charge in [-0.15, -0.1) is 0 Å². The summed E-state index contributed by atoms with van der Waals surface area (Å²) in [6, 6.07) is 0.283. The molecule has 2 atom stereocenters. The third-order valence-corrected chi connectivity index (χ3v) is 5.26. The Morgan fingerprint density at radius 3 is 2.71 bits per heavy atom. The zero-order valence-electron chi connectivity index (χ0n) is 10.7. The van der Waals surface area contributed by atoms with Crippen LogP contribution in [0.2, 0.25) is 0 Å². The molecule has 2 unspecified atom stereocenters. The summed E-state index contributed by atoms with van der Waals surface area (Å²) in [7, 11) is 0. The average molecular weight is 256 g/mol.